The maximum Gasteiger partial charge on any atom is 0.435 e. The Morgan fingerprint density at radius 3 is 2.65 bits per heavy atom. The van der Waals surface area contributed by atoms with E-state index in [-0.39, 0.29) is 12.2 Å². The Kier molecular flexibility index (Phi) is 4.84. The van der Waals surface area contributed by atoms with Crippen LogP contribution in [0.3, 0.4) is 0 Å². The van der Waals surface area contributed by atoms with Crippen LogP contribution < -0.4 is 10.1 Å². The van der Waals surface area contributed by atoms with Crippen LogP contribution in [0, 0.1) is 6.92 Å². The van der Waals surface area contributed by atoms with Crippen molar-refractivity contribution in [2.45, 2.75) is 19.6 Å². The van der Waals surface area contributed by atoms with E-state index in [1.54, 1.807) is 12.1 Å². The fourth-order valence-electron chi connectivity index (χ4n) is 1.91. The van der Waals surface area contributed by atoms with E-state index in [2.05, 4.69) is 10.4 Å². The van der Waals surface area contributed by atoms with E-state index in [1.165, 1.54) is 20.1 Å². The number of carbonyl (C=O) groups is 1. The number of hydrogen-bond acceptors (Lipinski definition) is 3. The number of benzene rings is 1. The van der Waals surface area contributed by atoms with Gasteiger partial charge in [-0.1, -0.05) is 11.6 Å². The summed E-state index contributed by atoms with van der Waals surface area (Å²) in [5.41, 5.74) is -0.487. The standard InChI is InChI=1S/C14H13ClF3N3O2/c1-8-5-12(14(16,17)18)20-21(8)7-13(22)19-10-6-9(15)3-4-11(10)23-2/h3-6H,7H2,1-2H3,(H,19,22). The summed E-state index contributed by atoms with van der Waals surface area (Å²) in [5, 5.41) is 6.32. The van der Waals surface area contributed by atoms with Crippen LogP contribution in [-0.2, 0) is 17.5 Å². The molecule has 0 bridgehead atoms. The highest BCUT2D eigenvalue weighted by atomic mass is 35.5. The molecular formula is C14H13ClF3N3O2. The topological polar surface area (TPSA) is 56.1 Å². The van der Waals surface area contributed by atoms with Crippen LogP contribution in [0.1, 0.15) is 11.4 Å². The Balaban J connectivity index is 2.14. The first-order chi connectivity index (χ1) is 10.7. The summed E-state index contributed by atoms with van der Waals surface area (Å²) in [5.74, 6) is -0.165. The monoisotopic (exact) mass is 347 g/mol. The Morgan fingerprint density at radius 2 is 2.09 bits per heavy atom. The summed E-state index contributed by atoms with van der Waals surface area (Å²) in [6.07, 6.45) is -4.55. The van der Waals surface area contributed by atoms with E-state index >= 15 is 0 Å². The lowest BCUT2D eigenvalue weighted by atomic mass is 10.3. The summed E-state index contributed by atoms with van der Waals surface area (Å²) in [6.45, 7) is 1.08. The zero-order valence-electron chi connectivity index (χ0n) is 12.2. The van der Waals surface area contributed by atoms with Crippen LogP contribution in [-0.4, -0.2) is 22.8 Å². The molecule has 2 aromatic rings. The molecule has 0 saturated carbocycles. The molecule has 0 atom stereocenters. The lowest BCUT2D eigenvalue weighted by Gasteiger charge is -2.11. The van der Waals surface area contributed by atoms with E-state index in [1.807, 2.05) is 0 Å². The van der Waals surface area contributed by atoms with Gasteiger partial charge in [0.25, 0.3) is 0 Å². The van der Waals surface area contributed by atoms with Crippen LogP contribution in [0.25, 0.3) is 0 Å². The number of rotatable bonds is 4. The predicted octanol–water partition coefficient (Wildman–Crippen LogP) is 3.51. The molecule has 0 aliphatic carbocycles. The fourth-order valence-corrected chi connectivity index (χ4v) is 2.08. The zero-order valence-corrected chi connectivity index (χ0v) is 13.0. The molecule has 0 aliphatic rings. The van der Waals surface area contributed by atoms with Crippen LogP contribution in [0.15, 0.2) is 24.3 Å². The van der Waals surface area contributed by atoms with Gasteiger partial charge in [-0.3, -0.25) is 9.48 Å². The zero-order chi connectivity index (χ0) is 17.2. The van der Waals surface area contributed by atoms with Crippen molar-refractivity contribution < 1.29 is 22.7 Å². The van der Waals surface area contributed by atoms with E-state index in [0.717, 1.165) is 10.7 Å². The third-order valence-electron chi connectivity index (χ3n) is 3.00. The first kappa shape index (κ1) is 17.1. The van der Waals surface area contributed by atoms with Crippen molar-refractivity contribution in [1.82, 2.24) is 9.78 Å². The minimum atomic E-state index is -4.55. The first-order valence-corrected chi connectivity index (χ1v) is 6.83. The van der Waals surface area contributed by atoms with Gasteiger partial charge in [-0.05, 0) is 31.2 Å². The lowest BCUT2D eigenvalue weighted by molar-refractivity contribution is -0.141. The number of ether oxygens (including phenoxy) is 1. The molecule has 1 aromatic carbocycles. The summed E-state index contributed by atoms with van der Waals surface area (Å²) in [4.78, 5) is 12.0. The maximum absolute atomic E-state index is 12.6. The van der Waals surface area contributed by atoms with Crippen molar-refractivity contribution in [2.24, 2.45) is 0 Å². The van der Waals surface area contributed by atoms with Crippen LogP contribution in [0.4, 0.5) is 18.9 Å². The molecule has 9 heteroatoms. The fraction of sp³-hybridized carbons (Fsp3) is 0.286. The number of anilines is 1. The normalized spacial score (nSPS) is 11.4. The second kappa shape index (κ2) is 6.49. The lowest BCUT2D eigenvalue weighted by Crippen LogP contribution is -2.21. The predicted molar refractivity (Wildman–Crippen MR) is 78.6 cm³/mol. The third-order valence-corrected chi connectivity index (χ3v) is 3.24. The summed E-state index contributed by atoms with van der Waals surface area (Å²) in [7, 11) is 1.42. The number of aromatic nitrogens is 2. The molecule has 0 radical (unpaired) electrons. The van der Waals surface area contributed by atoms with Crippen molar-refractivity contribution in [3.05, 3.63) is 40.7 Å². The molecule has 0 saturated heterocycles. The number of carbonyl (C=O) groups excluding carboxylic acids is 1. The van der Waals surface area contributed by atoms with Gasteiger partial charge in [-0.25, -0.2) is 0 Å². The van der Waals surface area contributed by atoms with Crippen LogP contribution in [0.5, 0.6) is 5.75 Å². The SMILES string of the molecule is COc1ccc(Cl)cc1NC(=O)Cn1nc(C(F)(F)F)cc1C. The number of alkyl halides is 3. The largest absolute Gasteiger partial charge is 0.495 e. The molecule has 0 fully saturated rings. The van der Waals surface area contributed by atoms with Gasteiger partial charge in [-0.15, -0.1) is 0 Å². The van der Waals surface area contributed by atoms with Gasteiger partial charge >= 0.3 is 6.18 Å². The molecule has 0 unspecified atom stereocenters. The second-order valence-corrected chi connectivity index (χ2v) is 5.16. The number of nitrogens with one attached hydrogen (secondary N) is 1. The van der Waals surface area contributed by atoms with Crippen molar-refractivity contribution in [2.75, 3.05) is 12.4 Å². The summed E-state index contributed by atoms with van der Waals surface area (Å²) in [6, 6.07) is 5.52. The maximum atomic E-state index is 12.6. The molecule has 124 valence electrons. The van der Waals surface area contributed by atoms with Crippen LogP contribution >= 0.6 is 11.6 Å². The minimum absolute atomic E-state index is 0.227. The molecule has 5 nitrogen and oxygen atoms in total. The van der Waals surface area contributed by atoms with Gasteiger partial charge in [0.2, 0.25) is 5.91 Å². The van der Waals surface area contributed by atoms with Crippen molar-refractivity contribution >= 4 is 23.2 Å². The van der Waals surface area contributed by atoms with E-state index in [0.29, 0.717) is 16.5 Å². The Hall–Kier alpha value is -2.22. The average molecular weight is 348 g/mol. The Bertz CT molecular complexity index is 729. The van der Waals surface area contributed by atoms with E-state index in [9.17, 15) is 18.0 Å². The highest BCUT2D eigenvalue weighted by Crippen LogP contribution is 2.29. The molecule has 1 aromatic heterocycles. The molecule has 1 heterocycles. The Morgan fingerprint density at radius 1 is 1.39 bits per heavy atom. The molecule has 23 heavy (non-hydrogen) atoms. The molecular weight excluding hydrogens is 335 g/mol. The number of aryl methyl sites for hydroxylation is 1. The Labute approximate surface area is 135 Å². The molecule has 1 amide bonds. The molecule has 1 N–H and O–H groups in total. The van der Waals surface area contributed by atoms with Gasteiger partial charge in [0.1, 0.15) is 12.3 Å². The highest BCUT2D eigenvalue weighted by Gasteiger charge is 2.34. The highest BCUT2D eigenvalue weighted by molar-refractivity contribution is 6.31. The van der Waals surface area contributed by atoms with Gasteiger partial charge in [-0.2, -0.15) is 18.3 Å². The smallest absolute Gasteiger partial charge is 0.435 e. The number of methoxy groups -OCH3 is 1. The number of amides is 1. The summed E-state index contributed by atoms with van der Waals surface area (Å²) < 4.78 is 43.9. The first-order valence-electron chi connectivity index (χ1n) is 6.45. The van der Waals surface area contributed by atoms with Crippen molar-refractivity contribution in [3.8, 4) is 5.75 Å². The average Bonchev–Trinajstić information content (AvgIpc) is 2.80. The molecule has 0 aliphatic heterocycles. The van der Waals surface area contributed by atoms with Crippen molar-refractivity contribution in [1.29, 1.82) is 0 Å². The minimum Gasteiger partial charge on any atom is -0.495 e. The number of hydrogen-bond donors (Lipinski definition) is 1. The number of nitrogens with zero attached hydrogens (tertiary/aromatic N) is 2. The quantitative estimate of drug-likeness (QED) is 0.920. The second-order valence-electron chi connectivity index (χ2n) is 4.72. The van der Waals surface area contributed by atoms with Gasteiger partial charge in [0, 0.05) is 10.7 Å². The number of halogens is 4. The van der Waals surface area contributed by atoms with Gasteiger partial charge in [0.05, 0.1) is 12.8 Å². The third kappa shape index (κ3) is 4.16. The van der Waals surface area contributed by atoms with Gasteiger partial charge < -0.3 is 10.1 Å². The van der Waals surface area contributed by atoms with E-state index < -0.39 is 17.8 Å². The van der Waals surface area contributed by atoms with E-state index in [4.69, 9.17) is 16.3 Å². The van der Waals surface area contributed by atoms with Gasteiger partial charge in [0.15, 0.2) is 5.69 Å². The van der Waals surface area contributed by atoms with Crippen molar-refractivity contribution in [3.63, 3.8) is 0 Å². The van der Waals surface area contributed by atoms with Crippen LogP contribution in [0.2, 0.25) is 5.02 Å². The molecule has 2 rings (SSSR count). The summed E-state index contributed by atoms with van der Waals surface area (Å²) >= 11 is 5.85. The molecule has 0 spiro atoms.